The fourth-order valence-corrected chi connectivity index (χ4v) is 2.80. The average Bonchev–Trinajstić information content (AvgIpc) is 2.70. The van der Waals surface area contributed by atoms with Crippen molar-refractivity contribution in [3.05, 3.63) is 23.8 Å². The van der Waals surface area contributed by atoms with E-state index in [0.29, 0.717) is 34.3 Å². The topological polar surface area (TPSA) is 117 Å². The summed E-state index contributed by atoms with van der Waals surface area (Å²) in [5.41, 5.74) is 1.19. The minimum absolute atomic E-state index is 0.166. The van der Waals surface area contributed by atoms with Gasteiger partial charge in [0.25, 0.3) is 0 Å². The largest absolute Gasteiger partial charge is 0.493 e. The number of carboxylic acid groups (broad SMARTS) is 1. The lowest BCUT2D eigenvalue weighted by Gasteiger charge is -2.17. The van der Waals surface area contributed by atoms with Gasteiger partial charge in [-0.05, 0) is 30.9 Å². The van der Waals surface area contributed by atoms with Crippen LogP contribution >= 0.6 is 11.8 Å². The van der Waals surface area contributed by atoms with Crippen LogP contribution in [0.1, 0.15) is 18.9 Å². The quantitative estimate of drug-likeness (QED) is 0.519. The molecule has 2 aromatic rings. The molecule has 1 unspecified atom stereocenters. The third kappa shape index (κ3) is 4.41. The SMILES string of the molecule is CCC(Nc1nc(SC)nc(-c2ccc(OC)c(OC)c2)c1C#N)C(=O)O. The van der Waals surface area contributed by atoms with Gasteiger partial charge >= 0.3 is 5.97 Å². The lowest BCUT2D eigenvalue weighted by Crippen LogP contribution is -2.29. The fraction of sp³-hybridized carbons (Fsp3) is 0.333. The lowest BCUT2D eigenvalue weighted by molar-refractivity contribution is -0.137. The number of benzene rings is 1. The summed E-state index contributed by atoms with van der Waals surface area (Å²) in [5, 5.41) is 22.3. The molecule has 27 heavy (non-hydrogen) atoms. The van der Waals surface area contributed by atoms with Crippen LogP contribution in [0.25, 0.3) is 11.3 Å². The Kier molecular flexibility index (Phi) is 6.85. The molecule has 0 amide bonds. The number of aromatic nitrogens is 2. The van der Waals surface area contributed by atoms with Gasteiger partial charge in [-0.1, -0.05) is 18.7 Å². The number of thioether (sulfide) groups is 1. The van der Waals surface area contributed by atoms with E-state index in [1.807, 2.05) is 0 Å². The minimum atomic E-state index is -1.02. The Morgan fingerprint density at radius 2 is 2.04 bits per heavy atom. The second-order valence-corrected chi connectivity index (χ2v) is 6.18. The predicted molar refractivity (Wildman–Crippen MR) is 102 cm³/mol. The van der Waals surface area contributed by atoms with Crippen LogP contribution < -0.4 is 14.8 Å². The van der Waals surface area contributed by atoms with Gasteiger partial charge in [0, 0.05) is 5.56 Å². The molecule has 2 rings (SSSR count). The number of aliphatic carboxylic acids is 1. The normalized spacial score (nSPS) is 11.4. The molecule has 0 spiro atoms. The van der Waals surface area contributed by atoms with Crippen molar-refractivity contribution in [2.24, 2.45) is 0 Å². The zero-order valence-electron chi connectivity index (χ0n) is 15.4. The summed E-state index contributed by atoms with van der Waals surface area (Å²) in [6.07, 6.45) is 2.14. The molecule has 1 heterocycles. The van der Waals surface area contributed by atoms with E-state index in [1.165, 1.54) is 26.0 Å². The molecule has 9 heteroatoms. The number of methoxy groups -OCH3 is 2. The zero-order valence-corrected chi connectivity index (χ0v) is 16.3. The number of nitrogens with one attached hydrogen (secondary N) is 1. The van der Waals surface area contributed by atoms with Crippen LogP contribution in [0.2, 0.25) is 0 Å². The van der Waals surface area contributed by atoms with E-state index >= 15 is 0 Å². The van der Waals surface area contributed by atoms with E-state index in [2.05, 4.69) is 21.4 Å². The first kappa shape index (κ1) is 20.3. The van der Waals surface area contributed by atoms with Gasteiger partial charge in [-0.15, -0.1) is 0 Å². The molecule has 0 saturated carbocycles. The molecule has 8 nitrogen and oxygen atoms in total. The monoisotopic (exact) mass is 388 g/mol. The molecule has 0 aliphatic rings. The zero-order chi connectivity index (χ0) is 20.0. The van der Waals surface area contributed by atoms with E-state index < -0.39 is 12.0 Å². The van der Waals surface area contributed by atoms with Crippen molar-refractivity contribution in [1.82, 2.24) is 9.97 Å². The number of ether oxygens (including phenoxy) is 2. The first-order chi connectivity index (χ1) is 13.0. The molecular weight excluding hydrogens is 368 g/mol. The van der Waals surface area contributed by atoms with E-state index in [1.54, 1.807) is 31.4 Å². The Labute approximate surface area is 161 Å². The Hall–Kier alpha value is -2.99. The number of carbonyl (C=O) groups is 1. The minimum Gasteiger partial charge on any atom is -0.493 e. The molecule has 0 saturated heterocycles. The van der Waals surface area contributed by atoms with Crippen molar-refractivity contribution in [2.75, 3.05) is 25.8 Å². The number of carboxylic acids is 1. The van der Waals surface area contributed by atoms with Crippen LogP contribution in [0.15, 0.2) is 23.4 Å². The predicted octanol–water partition coefficient (Wildman–Crippen LogP) is 3.03. The van der Waals surface area contributed by atoms with Crippen molar-refractivity contribution in [3.8, 4) is 28.8 Å². The third-order valence-electron chi connectivity index (χ3n) is 3.86. The lowest BCUT2D eigenvalue weighted by atomic mass is 10.1. The standard InChI is InChI=1S/C18H20N4O4S/c1-5-12(17(23)24)20-16-11(9-19)15(21-18(22-16)27-4)10-6-7-13(25-2)14(8-10)26-3/h6-8,12H,5H2,1-4H3,(H,23,24)(H,20,21,22). The smallest absolute Gasteiger partial charge is 0.326 e. The number of rotatable bonds is 8. The second-order valence-electron chi connectivity index (χ2n) is 5.41. The van der Waals surface area contributed by atoms with Crippen LogP contribution in [0.5, 0.6) is 11.5 Å². The molecule has 1 atom stereocenters. The highest BCUT2D eigenvalue weighted by atomic mass is 32.2. The summed E-state index contributed by atoms with van der Waals surface area (Å²) in [4.78, 5) is 20.1. The summed E-state index contributed by atoms with van der Waals surface area (Å²) in [5.74, 6) is 0.220. The van der Waals surface area contributed by atoms with Crippen molar-refractivity contribution in [3.63, 3.8) is 0 Å². The Balaban J connectivity index is 2.64. The Morgan fingerprint density at radius 3 is 2.56 bits per heavy atom. The summed E-state index contributed by atoms with van der Waals surface area (Å²) < 4.78 is 10.6. The first-order valence-electron chi connectivity index (χ1n) is 8.06. The highest BCUT2D eigenvalue weighted by Gasteiger charge is 2.22. The molecule has 0 bridgehead atoms. The Bertz CT molecular complexity index is 882. The average molecular weight is 388 g/mol. The molecule has 2 N–H and O–H groups in total. The van der Waals surface area contributed by atoms with Gasteiger partial charge in [-0.2, -0.15) is 5.26 Å². The number of hydrogen-bond acceptors (Lipinski definition) is 8. The van der Waals surface area contributed by atoms with Crippen molar-refractivity contribution < 1.29 is 19.4 Å². The van der Waals surface area contributed by atoms with Gasteiger partial charge < -0.3 is 19.9 Å². The van der Waals surface area contributed by atoms with Gasteiger partial charge in [0.05, 0.1) is 19.9 Å². The maximum absolute atomic E-state index is 11.4. The molecule has 0 fully saturated rings. The van der Waals surface area contributed by atoms with Crippen LogP contribution in [-0.4, -0.2) is 47.6 Å². The first-order valence-corrected chi connectivity index (χ1v) is 9.29. The van der Waals surface area contributed by atoms with Crippen LogP contribution in [-0.2, 0) is 4.79 Å². The Morgan fingerprint density at radius 1 is 1.33 bits per heavy atom. The summed E-state index contributed by atoms with van der Waals surface area (Å²) in [6, 6.07) is 6.41. The summed E-state index contributed by atoms with van der Waals surface area (Å²) in [7, 11) is 3.05. The highest BCUT2D eigenvalue weighted by molar-refractivity contribution is 7.98. The van der Waals surface area contributed by atoms with Crippen molar-refractivity contribution in [2.45, 2.75) is 24.5 Å². The number of nitrogens with zero attached hydrogens (tertiary/aromatic N) is 3. The van der Waals surface area contributed by atoms with Crippen molar-refractivity contribution in [1.29, 1.82) is 5.26 Å². The van der Waals surface area contributed by atoms with Crippen LogP contribution in [0, 0.1) is 11.3 Å². The maximum Gasteiger partial charge on any atom is 0.326 e. The molecule has 0 radical (unpaired) electrons. The van der Waals surface area contributed by atoms with Gasteiger partial charge in [0.1, 0.15) is 23.5 Å². The van der Waals surface area contributed by atoms with Gasteiger partial charge in [0.15, 0.2) is 16.7 Å². The maximum atomic E-state index is 11.4. The van der Waals surface area contributed by atoms with E-state index in [-0.39, 0.29) is 11.4 Å². The number of anilines is 1. The van der Waals surface area contributed by atoms with Crippen LogP contribution in [0.4, 0.5) is 5.82 Å². The summed E-state index contributed by atoms with van der Waals surface area (Å²) >= 11 is 1.30. The number of nitriles is 1. The van der Waals surface area contributed by atoms with E-state index in [0.717, 1.165) is 0 Å². The fourth-order valence-electron chi connectivity index (χ4n) is 2.44. The molecule has 1 aromatic heterocycles. The van der Waals surface area contributed by atoms with Crippen LogP contribution in [0.3, 0.4) is 0 Å². The molecule has 142 valence electrons. The molecule has 0 aliphatic heterocycles. The third-order valence-corrected chi connectivity index (χ3v) is 4.40. The molecular formula is C18H20N4O4S. The molecule has 0 aliphatic carbocycles. The summed E-state index contributed by atoms with van der Waals surface area (Å²) in [6.45, 7) is 1.74. The van der Waals surface area contributed by atoms with Gasteiger partial charge in [0.2, 0.25) is 0 Å². The second kappa shape index (κ2) is 9.09. The van der Waals surface area contributed by atoms with Gasteiger partial charge in [-0.25, -0.2) is 14.8 Å². The van der Waals surface area contributed by atoms with Crippen molar-refractivity contribution >= 4 is 23.5 Å². The van der Waals surface area contributed by atoms with E-state index in [4.69, 9.17) is 9.47 Å². The highest BCUT2D eigenvalue weighted by Crippen LogP contribution is 2.35. The number of hydrogen-bond donors (Lipinski definition) is 2. The molecule has 1 aromatic carbocycles. The van der Waals surface area contributed by atoms with Gasteiger partial charge in [-0.3, -0.25) is 0 Å². The van der Waals surface area contributed by atoms with E-state index in [9.17, 15) is 15.2 Å².